The van der Waals surface area contributed by atoms with Gasteiger partial charge in [-0.2, -0.15) is 0 Å². The van der Waals surface area contributed by atoms with Crippen molar-refractivity contribution in [2.45, 2.75) is 76.0 Å². The Morgan fingerprint density at radius 2 is 1.76 bits per heavy atom. The normalized spacial score (nSPS) is 29.2. The van der Waals surface area contributed by atoms with Crippen molar-refractivity contribution in [2.24, 2.45) is 11.7 Å². The molecule has 0 bridgehead atoms. The average molecular weight is 285 g/mol. The van der Waals surface area contributed by atoms with Gasteiger partial charge >= 0.3 is 0 Å². The van der Waals surface area contributed by atoms with Gasteiger partial charge in [-0.15, -0.1) is 0 Å². The highest BCUT2D eigenvalue weighted by molar-refractivity contribution is 5.33. The molecule has 116 valence electrons. The van der Waals surface area contributed by atoms with Gasteiger partial charge in [0, 0.05) is 12.0 Å². The fourth-order valence-electron chi connectivity index (χ4n) is 4.56. The quantitative estimate of drug-likeness (QED) is 0.817. The lowest BCUT2D eigenvalue weighted by Crippen LogP contribution is -2.37. The third kappa shape index (κ3) is 3.18. The molecule has 21 heavy (non-hydrogen) atoms. The summed E-state index contributed by atoms with van der Waals surface area (Å²) >= 11 is 0. The molecule has 0 unspecified atom stereocenters. The molecule has 0 aliphatic heterocycles. The molecule has 0 heterocycles. The number of hydrogen-bond acceptors (Lipinski definition) is 1. The van der Waals surface area contributed by atoms with Crippen LogP contribution in [0.15, 0.2) is 24.3 Å². The molecule has 1 aromatic rings. The molecule has 2 saturated carbocycles. The fraction of sp³-hybridized carbons (Fsp3) is 0.700. The Balaban J connectivity index is 1.82. The van der Waals surface area contributed by atoms with Crippen LogP contribution in [0.2, 0.25) is 0 Å². The Morgan fingerprint density at radius 1 is 1.05 bits per heavy atom. The van der Waals surface area contributed by atoms with Crippen LogP contribution >= 0.6 is 0 Å². The van der Waals surface area contributed by atoms with Crippen molar-refractivity contribution in [2.75, 3.05) is 6.54 Å². The zero-order valence-corrected chi connectivity index (χ0v) is 13.6. The second-order valence-electron chi connectivity index (χ2n) is 7.63. The van der Waals surface area contributed by atoms with Crippen molar-refractivity contribution in [3.8, 4) is 0 Å². The summed E-state index contributed by atoms with van der Waals surface area (Å²) < 4.78 is 0. The van der Waals surface area contributed by atoms with Crippen molar-refractivity contribution >= 4 is 0 Å². The number of hydrogen-bond donors (Lipinski definition) is 1. The minimum Gasteiger partial charge on any atom is -0.330 e. The van der Waals surface area contributed by atoms with Gasteiger partial charge in [-0.25, -0.2) is 0 Å². The van der Waals surface area contributed by atoms with Crippen molar-refractivity contribution in [1.82, 2.24) is 0 Å². The topological polar surface area (TPSA) is 26.0 Å². The molecule has 0 atom stereocenters. The second-order valence-corrected chi connectivity index (χ2v) is 7.63. The van der Waals surface area contributed by atoms with Crippen molar-refractivity contribution in [3.05, 3.63) is 35.4 Å². The van der Waals surface area contributed by atoms with E-state index < -0.39 is 0 Å². The molecular weight excluding hydrogens is 254 g/mol. The second kappa shape index (κ2) is 6.52. The van der Waals surface area contributed by atoms with Crippen LogP contribution in [0.5, 0.6) is 0 Å². The molecule has 0 amide bonds. The highest BCUT2D eigenvalue weighted by atomic mass is 14.6. The monoisotopic (exact) mass is 285 g/mol. The first kappa shape index (κ1) is 15.1. The maximum absolute atomic E-state index is 6.22. The summed E-state index contributed by atoms with van der Waals surface area (Å²) in [7, 11) is 0. The minimum atomic E-state index is 0.274. The van der Waals surface area contributed by atoms with Gasteiger partial charge in [0.05, 0.1) is 0 Å². The third-order valence-corrected chi connectivity index (χ3v) is 6.19. The number of rotatable bonds is 3. The fourth-order valence-corrected chi connectivity index (χ4v) is 4.56. The van der Waals surface area contributed by atoms with Crippen molar-refractivity contribution in [1.29, 1.82) is 0 Å². The third-order valence-electron chi connectivity index (χ3n) is 6.19. The lowest BCUT2D eigenvalue weighted by atomic mass is 9.68. The lowest BCUT2D eigenvalue weighted by molar-refractivity contribution is 0.300. The molecular formula is C20H31N. The van der Waals surface area contributed by atoms with E-state index in [1.54, 1.807) is 5.56 Å². The van der Waals surface area contributed by atoms with E-state index in [4.69, 9.17) is 5.73 Å². The van der Waals surface area contributed by atoms with Crippen molar-refractivity contribution < 1.29 is 0 Å². The highest BCUT2D eigenvalue weighted by Gasteiger charge is 2.33. The highest BCUT2D eigenvalue weighted by Crippen LogP contribution is 2.41. The van der Waals surface area contributed by atoms with Crippen molar-refractivity contribution in [3.63, 3.8) is 0 Å². The SMILES string of the molecule is CC1CCC(c2cccc(C3(CN)CCCCC3)c2)CC1. The first-order valence-corrected chi connectivity index (χ1v) is 9.04. The molecule has 2 aliphatic rings. The molecule has 0 saturated heterocycles. The Hall–Kier alpha value is -0.820. The van der Waals surface area contributed by atoms with Gasteiger partial charge in [-0.05, 0) is 48.6 Å². The molecule has 1 heteroatoms. The maximum Gasteiger partial charge on any atom is 0.00756 e. The van der Waals surface area contributed by atoms with E-state index in [0.717, 1.165) is 18.4 Å². The maximum atomic E-state index is 6.22. The minimum absolute atomic E-state index is 0.274. The summed E-state index contributed by atoms with van der Waals surface area (Å²) in [5.74, 6) is 1.72. The van der Waals surface area contributed by atoms with Crippen LogP contribution in [0.3, 0.4) is 0 Å². The zero-order valence-electron chi connectivity index (χ0n) is 13.6. The van der Waals surface area contributed by atoms with Crippen LogP contribution in [-0.4, -0.2) is 6.54 Å². The summed E-state index contributed by atoms with van der Waals surface area (Å²) in [6.07, 6.45) is 12.2. The molecule has 0 aromatic heterocycles. The van der Waals surface area contributed by atoms with Crippen LogP contribution in [0.4, 0.5) is 0 Å². The Morgan fingerprint density at radius 3 is 2.43 bits per heavy atom. The van der Waals surface area contributed by atoms with E-state index in [1.807, 2.05) is 0 Å². The average Bonchev–Trinajstić information content (AvgIpc) is 2.56. The van der Waals surface area contributed by atoms with Crippen LogP contribution in [0, 0.1) is 5.92 Å². The standard InChI is InChI=1S/C20H31N/c1-16-8-10-17(11-9-16)18-6-5-7-19(14-18)20(15-21)12-3-2-4-13-20/h5-7,14,16-17H,2-4,8-13,15,21H2,1H3. The van der Waals surface area contributed by atoms with E-state index in [-0.39, 0.29) is 5.41 Å². The molecule has 3 rings (SSSR count). The summed E-state index contributed by atoms with van der Waals surface area (Å²) in [4.78, 5) is 0. The van der Waals surface area contributed by atoms with Gasteiger partial charge in [0.15, 0.2) is 0 Å². The number of nitrogens with two attached hydrogens (primary N) is 1. The summed E-state index contributed by atoms with van der Waals surface area (Å²) in [6, 6.07) is 9.50. The summed E-state index contributed by atoms with van der Waals surface area (Å²) in [5.41, 5.74) is 9.60. The first-order chi connectivity index (χ1) is 10.2. The van der Waals surface area contributed by atoms with Gasteiger partial charge < -0.3 is 5.73 Å². The van der Waals surface area contributed by atoms with Gasteiger partial charge in [0.1, 0.15) is 0 Å². The molecule has 1 nitrogen and oxygen atoms in total. The van der Waals surface area contributed by atoms with E-state index >= 15 is 0 Å². The molecule has 0 spiro atoms. The predicted molar refractivity (Wildman–Crippen MR) is 90.6 cm³/mol. The predicted octanol–water partition coefficient (Wildman–Crippen LogP) is 5.14. The largest absolute Gasteiger partial charge is 0.330 e. The van der Waals surface area contributed by atoms with E-state index in [1.165, 1.54) is 63.4 Å². The molecule has 2 fully saturated rings. The zero-order chi connectivity index (χ0) is 14.7. The first-order valence-electron chi connectivity index (χ1n) is 9.04. The Labute approximate surface area is 130 Å². The molecule has 2 aliphatic carbocycles. The van der Waals surface area contributed by atoms with Crippen LogP contribution in [0.25, 0.3) is 0 Å². The molecule has 1 aromatic carbocycles. The summed E-state index contributed by atoms with van der Waals surface area (Å²) in [6.45, 7) is 3.22. The lowest BCUT2D eigenvalue weighted by Gasteiger charge is -2.37. The Kier molecular flexibility index (Phi) is 4.69. The van der Waals surface area contributed by atoms with Gasteiger partial charge in [-0.3, -0.25) is 0 Å². The van der Waals surface area contributed by atoms with E-state index in [2.05, 4.69) is 31.2 Å². The van der Waals surface area contributed by atoms with Crippen LogP contribution < -0.4 is 5.73 Å². The van der Waals surface area contributed by atoms with E-state index in [0.29, 0.717) is 0 Å². The molecule has 2 N–H and O–H groups in total. The van der Waals surface area contributed by atoms with Gasteiger partial charge in [-0.1, -0.05) is 63.3 Å². The smallest absolute Gasteiger partial charge is 0.00756 e. The van der Waals surface area contributed by atoms with Crippen LogP contribution in [-0.2, 0) is 5.41 Å². The van der Waals surface area contributed by atoms with Gasteiger partial charge in [0.25, 0.3) is 0 Å². The summed E-state index contributed by atoms with van der Waals surface area (Å²) in [5, 5.41) is 0. The van der Waals surface area contributed by atoms with Crippen LogP contribution in [0.1, 0.15) is 81.8 Å². The number of benzene rings is 1. The Bertz CT molecular complexity index is 451. The van der Waals surface area contributed by atoms with E-state index in [9.17, 15) is 0 Å². The van der Waals surface area contributed by atoms with Gasteiger partial charge in [0.2, 0.25) is 0 Å². The molecule has 0 radical (unpaired) electrons.